The van der Waals surface area contributed by atoms with Gasteiger partial charge in [0.25, 0.3) is 0 Å². The lowest BCUT2D eigenvalue weighted by Gasteiger charge is -2.09. The minimum Gasteiger partial charge on any atom is -0.497 e. The van der Waals surface area contributed by atoms with Crippen molar-refractivity contribution in [2.75, 3.05) is 7.11 Å². The minimum absolute atomic E-state index is 0.268. The number of imidazole rings is 1. The highest BCUT2D eigenvalue weighted by Crippen LogP contribution is 2.31. The molecule has 1 aromatic heterocycles. The second-order valence-electron chi connectivity index (χ2n) is 3.75. The van der Waals surface area contributed by atoms with Gasteiger partial charge < -0.3 is 9.30 Å². The molecular weight excluding hydrogens is 245 g/mol. The molecule has 0 saturated heterocycles. The molecule has 0 aliphatic heterocycles. The molecule has 0 aliphatic rings. The number of hydrogen-bond donors (Lipinski definition) is 0. The Morgan fingerprint density at radius 2 is 1.78 bits per heavy atom. The molecule has 0 atom stereocenters. The van der Waals surface area contributed by atoms with Crippen LogP contribution >= 0.6 is 0 Å². The van der Waals surface area contributed by atoms with E-state index in [4.69, 9.17) is 4.74 Å². The zero-order chi connectivity index (χ0) is 13.3. The van der Waals surface area contributed by atoms with Crippen molar-refractivity contribution in [3.63, 3.8) is 0 Å². The molecule has 3 nitrogen and oxygen atoms in total. The van der Waals surface area contributed by atoms with Crippen LogP contribution in [-0.4, -0.2) is 16.7 Å². The summed E-state index contributed by atoms with van der Waals surface area (Å²) >= 11 is 0. The summed E-state index contributed by atoms with van der Waals surface area (Å²) in [7, 11) is 2.87. The third-order valence-corrected chi connectivity index (χ3v) is 2.63. The van der Waals surface area contributed by atoms with E-state index in [2.05, 4.69) is 4.98 Å². The van der Waals surface area contributed by atoms with Crippen LogP contribution in [0, 0.1) is 0 Å². The maximum atomic E-state index is 12.6. The maximum Gasteiger partial charge on any atom is 0.433 e. The highest BCUT2D eigenvalue weighted by molar-refractivity contribution is 5.57. The molecule has 0 aliphatic carbocycles. The third-order valence-electron chi connectivity index (χ3n) is 2.63. The Kier molecular flexibility index (Phi) is 3.02. The Morgan fingerprint density at radius 3 is 2.22 bits per heavy atom. The number of aromatic nitrogens is 2. The van der Waals surface area contributed by atoms with Gasteiger partial charge in [0.05, 0.1) is 13.3 Å². The molecule has 1 heterocycles. The lowest BCUT2D eigenvalue weighted by Crippen LogP contribution is -2.11. The summed E-state index contributed by atoms with van der Waals surface area (Å²) in [5, 5.41) is 0. The highest BCUT2D eigenvalue weighted by Gasteiger charge is 2.35. The second-order valence-corrected chi connectivity index (χ2v) is 3.75. The topological polar surface area (TPSA) is 27.1 Å². The van der Waals surface area contributed by atoms with Gasteiger partial charge in [0.15, 0.2) is 0 Å². The van der Waals surface area contributed by atoms with E-state index in [1.54, 1.807) is 24.3 Å². The predicted octanol–water partition coefficient (Wildman–Crippen LogP) is 3.11. The number of benzene rings is 1. The summed E-state index contributed by atoms with van der Waals surface area (Å²) in [6.07, 6.45) is -3.56. The molecule has 2 aromatic rings. The lowest BCUT2D eigenvalue weighted by molar-refractivity contribution is -0.143. The van der Waals surface area contributed by atoms with Crippen molar-refractivity contribution >= 4 is 0 Å². The van der Waals surface area contributed by atoms with Crippen molar-refractivity contribution in [3.05, 3.63) is 36.2 Å². The fourth-order valence-corrected chi connectivity index (χ4v) is 1.68. The van der Waals surface area contributed by atoms with Crippen LogP contribution in [0.15, 0.2) is 30.5 Å². The Bertz CT molecular complexity index is 543. The number of alkyl halides is 3. The quantitative estimate of drug-likeness (QED) is 0.825. The largest absolute Gasteiger partial charge is 0.497 e. The van der Waals surface area contributed by atoms with E-state index in [0.717, 1.165) is 10.8 Å². The maximum absolute atomic E-state index is 12.6. The van der Waals surface area contributed by atoms with Crippen LogP contribution in [0.4, 0.5) is 13.2 Å². The minimum atomic E-state index is -4.40. The molecule has 0 radical (unpaired) electrons. The van der Waals surface area contributed by atoms with Gasteiger partial charge >= 0.3 is 6.18 Å². The second kappa shape index (κ2) is 4.36. The first-order chi connectivity index (χ1) is 8.43. The fourth-order valence-electron chi connectivity index (χ4n) is 1.68. The van der Waals surface area contributed by atoms with Crippen LogP contribution in [0.3, 0.4) is 0 Å². The Labute approximate surface area is 102 Å². The van der Waals surface area contributed by atoms with Crippen LogP contribution in [0.25, 0.3) is 11.4 Å². The summed E-state index contributed by atoms with van der Waals surface area (Å²) in [5.41, 5.74) is -0.165. The third kappa shape index (κ3) is 2.18. The predicted molar refractivity (Wildman–Crippen MR) is 60.2 cm³/mol. The van der Waals surface area contributed by atoms with Crippen LogP contribution in [0.2, 0.25) is 0 Å². The van der Waals surface area contributed by atoms with Crippen molar-refractivity contribution in [1.29, 1.82) is 0 Å². The molecule has 0 N–H and O–H groups in total. The van der Waals surface area contributed by atoms with Crippen molar-refractivity contribution in [2.45, 2.75) is 6.18 Å². The van der Waals surface area contributed by atoms with E-state index in [-0.39, 0.29) is 5.82 Å². The van der Waals surface area contributed by atoms with Gasteiger partial charge in [-0.2, -0.15) is 13.2 Å². The first kappa shape index (κ1) is 12.5. The van der Waals surface area contributed by atoms with E-state index >= 15 is 0 Å². The summed E-state index contributed by atoms with van der Waals surface area (Å²) < 4.78 is 43.9. The number of halogens is 3. The summed E-state index contributed by atoms with van der Waals surface area (Å²) in [4.78, 5) is 3.81. The molecule has 96 valence electrons. The average molecular weight is 256 g/mol. The van der Waals surface area contributed by atoms with Gasteiger partial charge in [-0.25, -0.2) is 4.98 Å². The molecule has 0 unspecified atom stereocenters. The summed E-state index contributed by atoms with van der Waals surface area (Å²) in [6, 6.07) is 6.69. The number of rotatable bonds is 2. The van der Waals surface area contributed by atoms with Gasteiger partial charge in [-0.3, -0.25) is 0 Å². The number of ether oxygens (including phenoxy) is 1. The smallest absolute Gasteiger partial charge is 0.433 e. The van der Waals surface area contributed by atoms with Gasteiger partial charge in [0, 0.05) is 12.6 Å². The molecular formula is C12H11F3N2O. The van der Waals surface area contributed by atoms with Gasteiger partial charge in [-0.05, 0) is 24.3 Å². The van der Waals surface area contributed by atoms with Crippen molar-refractivity contribution in [2.24, 2.45) is 7.05 Å². The van der Waals surface area contributed by atoms with E-state index in [9.17, 15) is 13.2 Å². The first-order valence-corrected chi connectivity index (χ1v) is 5.17. The lowest BCUT2D eigenvalue weighted by atomic mass is 10.2. The van der Waals surface area contributed by atoms with Crippen LogP contribution in [-0.2, 0) is 13.2 Å². The van der Waals surface area contributed by atoms with E-state index < -0.39 is 11.9 Å². The van der Waals surface area contributed by atoms with Gasteiger partial charge in [0.1, 0.15) is 17.3 Å². The molecule has 0 saturated carbocycles. The number of methoxy groups -OCH3 is 1. The molecule has 0 fully saturated rings. The van der Waals surface area contributed by atoms with Crippen LogP contribution < -0.4 is 4.74 Å². The zero-order valence-corrected chi connectivity index (χ0v) is 9.82. The average Bonchev–Trinajstić information content (AvgIpc) is 2.71. The van der Waals surface area contributed by atoms with Gasteiger partial charge in [-0.15, -0.1) is 0 Å². The molecule has 2 rings (SSSR count). The normalized spacial score (nSPS) is 11.6. The van der Waals surface area contributed by atoms with E-state index in [0.29, 0.717) is 11.3 Å². The highest BCUT2D eigenvalue weighted by atomic mass is 19.4. The standard InChI is InChI=1S/C12H11F3N2O/c1-17-10(12(13,14)15)7-16-11(17)8-3-5-9(18-2)6-4-8/h3-7H,1-2H3. The van der Waals surface area contributed by atoms with Gasteiger partial charge in [0.2, 0.25) is 0 Å². The van der Waals surface area contributed by atoms with Gasteiger partial charge in [-0.1, -0.05) is 0 Å². The van der Waals surface area contributed by atoms with Crippen molar-refractivity contribution < 1.29 is 17.9 Å². The Hall–Kier alpha value is -1.98. The number of nitrogens with zero attached hydrogens (tertiary/aromatic N) is 2. The monoisotopic (exact) mass is 256 g/mol. The van der Waals surface area contributed by atoms with Crippen molar-refractivity contribution in [1.82, 2.24) is 9.55 Å². The van der Waals surface area contributed by atoms with Crippen LogP contribution in [0.1, 0.15) is 5.69 Å². The SMILES string of the molecule is COc1ccc(-c2ncc(C(F)(F)F)n2C)cc1. The zero-order valence-electron chi connectivity index (χ0n) is 9.82. The van der Waals surface area contributed by atoms with E-state index in [1.165, 1.54) is 14.2 Å². The summed E-state index contributed by atoms with van der Waals surface area (Å²) in [5.74, 6) is 0.911. The Morgan fingerprint density at radius 1 is 1.17 bits per heavy atom. The van der Waals surface area contributed by atoms with Crippen molar-refractivity contribution in [3.8, 4) is 17.1 Å². The van der Waals surface area contributed by atoms with Crippen LogP contribution in [0.5, 0.6) is 5.75 Å². The summed E-state index contributed by atoms with van der Waals surface area (Å²) in [6.45, 7) is 0. The molecule has 0 bridgehead atoms. The fraction of sp³-hybridized carbons (Fsp3) is 0.250. The molecule has 18 heavy (non-hydrogen) atoms. The molecule has 0 amide bonds. The number of hydrogen-bond acceptors (Lipinski definition) is 2. The molecule has 1 aromatic carbocycles. The molecule has 0 spiro atoms. The molecule has 6 heteroatoms. The first-order valence-electron chi connectivity index (χ1n) is 5.17. The Balaban J connectivity index is 2.42. The van der Waals surface area contributed by atoms with E-state index in [1.807, 2.05) is 0 Å².